The molecule has 0 bridgehead atoms. The van der Waals surface area contributed by atoms with Crippen LogP contribution >= 0.6 is 15.9 Å². The second-order valence-corrected chi connectivity index (χ2v) is 4.94. The third-order valence-electron chi connectivity index (χ3n) is 2.87. The first-order valence-corrected chi connectivity index (χ1v) is 6.18. The first-order valence-electron chi connectivity index (χ1n) is 5.38. The lowest BCUT2D eigenvalue weighted by Crippen LogP contribution is -2.37. The zero-order valence-electron chi connectivity index (χ0n) is 8.80. The Morgan fingerprint density at radius 2 is 2.31 bits per heavy atom. The minimum absolute atomic E-state index is 0.0334. The molecule has 1 aromatic rings. The first-order chi connectivity index (χ1) is 7.66. The molecule has 0 spiro atoms. The molecular weight excluding hydrogens is 273 g/mol. The van der Waals surface area contributed by atoms with Crippen LogP contribution in [-0.2, 0) is 11.2 Å². The molecule has 1 amide bonds. The minimum atomic E-state index is -0.267. The van der Waals surface area contributed by atoms with Gasteiger partial charge in [-0.15, -0.1) is 0 Å². The minimum Gasteiger partial charge on any atom is -0.356 e. The average molecular weight is 286 g/mol. The number of rotatable bonds is 2. The van der Waals surface area contributed by atoms with Gasteiger partial charge in [-0.3, -0.25) is 4.79 Å². The molecule has 1 saturated heterocycles. The van der Waals surface area contributed by atoms with Crippen molar-refractivity contribution in [3.05, 3.63) is 34.1 Å². The topological polar surface area (TPSA) is 29.1 Å². The Balaban J connectivity index is 2.08. The third-order valence-corrected chi connectivity index (χ3v) is 3.47. The Kier molecular flexibility index (Phi) is 3.59. The van der Waals surface area contributed by atoms with Crippen molar-refractivity contribution in [1.82, 2.24) is 5.32 Å². The van der Waals surface area contributed by atoms with Crippen LogP contribution in [-0.4, -0.2) is 12.5 Å². The van der Waals surface area contributed by atoms with Crippen LogP contribution in [0.3, 0.4) is 0 Å². The maximum Gasteiger partial charge on any atom is 0.223 e. The molecule has 1 aliphatic heterocycles. The van der Waals surface area contributed by atoms with E-state index >= 15 is 0 Å². The van der Waals surface area contributed by atoms with Crippen LogP contribution in [0.15, 0.2) is 22.7 Å². The molecule has 1 unspecified atom stereocenters. The van der Waals surface area contributed by atoms with Gasteiger partial charge >= 0.3 is 0 Å². The first kappa shape index (κ1) is 11.6. The highest BCUT2D eigenvalue weighted by atomic mass is 79.9. The van der Waals surface area contributed by atoms with Crippen molar-refractivity contribution in [1.29, 1.82) is 0 Å². The number of benzene rings is 1. The van der Waals surface area contributed by atoms with E-state index in [0.29, 0.717) is 10.9 Å². The van der Waals surface area contributed by atoms with E-state index in [1.807, 2.05) is 0 Å². The molecule has 1 atom stereocenters. The Morgan fingerprint density at radius 1 is 1.50 bits per heavy atom. The quantitative estimate of drug-likeness (QED) is 0.889. The van der Waals surface area contributed by atoms with E-state index < -0.39 is 0 Å². The van der Waals surface area contributed by atoms with E-state index in [2.05, 4.69) is 21.2 Å². The molecule has 86 valence electrons. The van der Waals surface area contributed by atoms with Crippen molar-refractivity contribution >= 4 is 21.8 Å². The van der Waals surface area contributed by atoms with Gasteiger partial charge in [-0.05, 0) is 52.9 Å². The van der Waals surface area contributed by atoms with E-state index in [1.54, 1.807) is 12.1 Å². The highest BCUT2D eigenvalue weighted by molar-refractivity contribution is 9.10. The molecule has 0 saturated carbocycles. The summed E-state index contributed by atoms with van der Waals surface area (Å²) in [5.74, 6) is -0.116. The summed E-state index contributed by atoms with van der Waals surface area (Å²) >= 11 is 3.15. The number of carbonyl (C=O) groups is 1. The number of hydrogen-bond donors (Lipinski definition) is 1. The van der Waals surface area contributed by atoms with Crippen LogP contribution in [0.4, 0.5) is 4.39 Å². The predicted molar refractivity (Wildman–Crippen MR) is 63.5 cm³/mol. The van der Waals surface area contributed by atoms with E-state index in [4.69, 9.17) is 0 Å². The summed E-state index contributed by atoms with van der Waals surface area (Å²) < 4.78 is 13.5. The van der Waals surface area contributed by atoms with Crippen LogP contribution in [0.1, 0.15) is 18.4 Å². The fraction of sp³-hybridized carbons (Fsp3) is 0.417. The fourth-order valence-corrected chi connectivity index (χ4v) is 2.41. The van der Waals surface area contributed by atoms with Crippen LogP contribution in [0.5, 0.6) is 0 Å². The molecule has 1 fully saturated rings. The van der Waals surface area contributed by atoms with Gasteiger partial charge in [-0.25, -0.2) is 4.39 Å². The average Bonchev–Trinajstić information content (AvgIpc) is 2.27. The Bertz CT molecular complexity index is 408. The smallest absolute Gasteiger partial charge is 0.223 e. The van der Waals surface area contributed by atoms with Crippen molar-refractivity contribution in [3.8, 4) is 0 Å². The molecule has 2 nitrogen and oxygen atoms in total. The van der Waals surface area contributed by atoms with Crippen molar-refractivity contribution in [2.75, 3.05) is 6.54 Å². The highest BCUT2D eigenvalue weighted by Crippen LogP contribution is 2.21. The van der Waals surface area contributed by atoms with Crippen LogP contribution in [0, 0.1) is 11.7 Å². The van der Waals surface area contributed by atoms with Crippen molar-refractivity contribution in [2.24, 2.45) is 5.92 Å². The highest BCUT2D eigenvalue weighted by Gasteiger charge is 2.22. The number of carbonyl (C=O) groups excluding carboxylic acids is 1. The van der Waals surface area contributed by atoms with Crippen LogP contribution in [0.2, 0.25) is 0 Å². The van der Waals surface area contributed by atoms with Gasteiger partial charge in [0.15, 0.2) is 0 Å². The molecule has 0 aliphatic carbocycles. The zero-order valence-corrected chi connectivity index (χ0v) is 10.4. The van der Waals surface area contributed by atoms with Crippen molar-refractivity contribution < 1.29 is 9.18 Å². The van der Waals surface area contributed by atoms with Gasteiger partial charge in [0.2, 0.25) is 5.91 Å². The molecule has 0 radical (unpaired) electrons. The van der Waals surface area contributed by atoms with Gasteiger partial charge in [0.25, 0.3) is 0 Å². The van der Waals surface area contributed by atoms with Crippen molar-refractivity contribution in [2.45, 2.75) is 19.3 Å². The second-order valence-electron chi connectivity index (χ2n) is 4.08. The summed E-state index contributed by atoms with van der Waals surface area (Å²) in [6.07, 6.45) is 2.63. The van der Waals surface area contributed by atoms with Crippen LogP contribution < -0.4 is 5.32 Å². The number of hydrogen-bond acceptors (Lipinski definition) is 1. The molecule has 1 aromatic carbocycles. The summed E-state index contributed by atoms with van der Waals surface area (Å²) in [6.45, 7) is 0.780. The fourth-order valence-electron chi connectivity index (χ4n) is 1.98. The SMILES string of the molecule is O=C1NCCCC1Cc1ccc(F)c(Br)c1. The van der Waals surface area contributed by atoms with Crippen molar-refractivity contribution in [3.63, 3.8) is 0 Å². The third kappa shape index (κ3) is 2.61. The molecule has 1 aliphatic rings. The monoisotopic (exact) mass is 285 g/mol. The molecule has 1 heterocycles. The lowest BCUT2D eigenvalue weighted by atomic mass is 9.91. The van der Waals surface area contributed by atoms with Gasteiger partial charge < -0.3 is 5.32 Å². The lowest BCUT2D eigenvalue weighted by molar-refractivity contribution is -0.126. The Hall–Kier alpha value is -0.900. The number of halogens is 2. The number of piperidine rings is 1. The van der Waals surface area contributed by atoms with Gasteiger partial charge in [0, 0.05) is 12.5 Å². The standard InChI is InChI=1S/C12H13BrFNO/c13-10-7-8(3-4-11(10)14)6-9-2-1-5-15-12(9)16/h3-4,7,9H,1-2,5-6H2,(H,15,16). The van der Waals surface area contributed by atoms with Gasteiger partial charge in [-0.1, -0.05) is 6.07 Å². The van der Waals surface area contributed by atoms with Gasteiger partial charge in [-0.2, -0.15) is 0 Å². The van der Waals surface area contributed by atoms with E-state index in [-0.39, 0.29) is 17.6 Å². The van der Waals surface area contributed by atoms with Crippen LogP contribution in [0.25, 0.3) is 0 Å². The molecule has 4 heteroatoms. The Labute approximate surface area is 102 Å². The maximum atomic E-state index is 13.0. The molecular formula is C12H13BrFNO. The largest absolute Gasteiger partial charge is 0.356 e. The zero-order chi connectivity index (χ0) is 11.5. The molecule has 1 N–H and O–H groups in total. The second kappa shape index (κ2) is 4.95. The van der Waals surface area contributed by atoms with Gasteiger partial charge in [0.05, 0.1) is 4.47 Å². The molecule has 0 aromatic heterocycles. The lowest BCUT2D eigenvalue weighted by Gasteiger charge is -2.21. The van der Waals surface area contributed by atoms with E-state index in [0.717, 1.165) is 24.9 Å². The molecule has 2 rings (SSSR count). The summed E-state index contributed by atoms with van der Waals surface area (Å²) in [5, 5.41) is 2.85. The summed E-state index contributed by atoms with van der Waals surface area (Å²) in [6, 6.07) is 4.92. The summed E-state index contributed by atoms with van der Waals surface area (Å²) in [5.41, 5.74) is 0.996. The molecule has 16 heavy (non-hydrogen) atoms. The Morgan fingerprint density at radius 3 is 3.00 bits per heavy atom. The summed E-state index contributed by atoms with van der Waals surface area (Å²) in [7, 11) is 0. The van der Waals surface area contributed by atoms with Gasteiger partial charge in [0.1, 0.15) is 5.82 Å². The predicted octanol–water partition coefficient (Wildman–Crippen LogP) is 2.66. The number of nitrogens with one attached hydrogen (secondary N) is 1. The van der Waals surface area contributed by atoms with E-state index in [9.17, 15) is 9.18 Å². The number of amides is 1. The van der Waals surface area contributed by atoms with E-state index in [1.165, 1.54) is 6.07 Å². The maximum absolute atomic E-state index is 13.0. The normalized spacial score (nSPS) is 20.6. The summed E-state index contributed by atoms with van der Waals surface area (Å²) in [4.78, 5) is 11.6.